The van der Waals surface area contributed by atoms with Gasteiger partial charge in [-0.3, -0.25) is 29.5 Å². The van der Waals surface area contributed by atoms with E-state index in [4.69, 9.17) is 27.9 Å². The molecular formula is C40H32Cl2FN3O6. The van der Waals surface area contributed by atoms with Gasteiger partial charge in [0.1, 0.15) is 18.2 Å². The lowest BCUT2D eigenvalue weighted by molar-refractivity contribution is -0.138. The second-order valence-corrected chi connectivity index (χ2v) is 14.3. The number of nitrogens with zero attached hydrogens (tertiary/aromatic N) is 2. The van der Waals surface area contributed by atoms with Crippen LogP contribution in [0.3, 0.4) is 0 Å². The summed E-state index contributed by atoms with van der Waals surface area (Å²) in [7, 11) is 0. The maximum Gasteiger partial charge on any atom is 0.260 e. The summed E-state index contributed by atoms with van der Waals surface area (Å²) in [6, 6.07) is 25.8. The van der Waals surface area contributed by atoms with Gasteiger partial charge in [-0.05, 0) is 91.1 Å². The van der Waals surface area contributed by atoms with Crippen LogP contribution in [0.1, 0.15) is 29.9 Å². The Morgan fingerprint density at radius 1 is 0.827 bits per heavy atom. The second kappa shape index (κ2) is 13.2. The van der Waals surface area contributed by atoms with Crippen LogP contribution in [-0.4, -0.2) is 47.0 Å². The normalized spacial score (nSPS) is 26.5. The first-order valence-corrected chi connectivity index (χ1v) is 17.7. The molecule has 6 atom stereocenters. The number of carbonyl (C=O) groups excluding carboxylic acids is 4. The molecule has 4 aromatic rings. The van der Waals surface area contributed by atoms with Crippen LogP contribution in [-0.2, 0) is 24.6 Å². The number of amides is 4. The SMILES string of the molecule is O=C1C2CC3C(=CCC4C(=O)N(c5ccc(Cl)cc5)C(=O)C43)C(c3ccccc3OCCO)C2(c2ccc(Cl)cc2)C(=O)N1Nc1ccc(F)cc1. The molecule has 2 aliphatic carbocycles. The molecule has 2 heterocycles. The van der Waals surface area contributed by atoms with E-state index in [0.29, 0.717) is 38.3 Å². The highest BCUT2D eigenvalue weighted by Crippen LogP contribution is 2.65. The quantitative estimate of drug-likeness (QED) is 0.153. The van der Waals surface area contributed by atoms with Crippen LogP contribution in [0.4, 0.5) is 15.8 Å². The number of hydrogen-bond donors (Lipinski definition) is 2. The molecular weight excluding hydrogens is 708 g/mol. The number of rotatable bonds is 8. The van der Waals surface area contributed by atoms with Crippen molar-refractivity contribution in [2.45, 2.75) is 24.2 Å². The number of hydrogen-bond acceptors (Lipinski definition) is 7. The third kappa shape index (κ3) is 5.23. The minimum Gasteiger partial charge on any atom is -0.491 e. The van der Waals surface area contributed by atoms with Gasteiger partial charge in [0, 0.05) is 21.5 Å². The van der Waals surface area contributed by atoms with Crippen LogP contribution in [0, 0.1) is 29.5 Å². The Kier molecular flexibility index (Phi) is 8.64. The van der Waals surface area contributed by atoms with E-state index in [2.05, 4.69) is 5.43 Å². The zero-order valence-corrected chi connectivity index (χ0v) is 29.1. The standard InChI is InChI=1S/C40H32Cl2FN3O6/c41-23-7-5-22(6-8-23)40-32(37(49)46(39(40)51)44-26-13-11-25(43)12-14-26)21-31-28(35(40)29-3-1-2-4-33(29)52-20-19-47)17-18-30-34(31)38(50)45(36(30)48)27-15-9-24(42)10-16-27/h1-17,30-32,34-35,44,47H,18-21H2. The number of halogens is 3. The number of aliphatic hydroxyl groups is 1. The second-order valence-electron chi connectivity index (χ2n) is 13.5. The first-order chi connectivity index (χ1) is 25.1. The number of anilines is 2. The van der Waals surface area contributed by atoms with Crippen molar-refractivity contribution in [3.8, 4) is 5.75 Å². The van der Waals surface area contributed by atoms with Crippen LogP contribution in [0.25, 0.3) is 0 Å². The molecule has 2 saturated heterocycles. The fourth-order valence-corrected chi connectivity index (χ4v) is 9.10. The lowest BCUT2D eigenvalue weighted by Crippen LogP contribution is -2.53. The number of nitrogens with one attached hydrogen (secondary N) is 1. The Morgan fingerprint density at radius 3 is 2.19 bits per heavy atom. The zero-order chi connectivity index (χ0) is 36.3. The van der Waals surface area contributed by atoms with Gasteiger partial charge in [-0.15, -0.1) is 0 Å². The van der Waals surface area contributed by atoms with Crippen molar-refractivity contribution in [1.29, 1.82) is 0 Å². The number of fused-ring (bicyclic) bond motifs is 4. The average Bonchev–Trinajstić information content (AvgIpc) is 3.53. The summed E-state index contributed by atoms with van der Waals surface area (Å²) in [5.74, 6) is -5.82. The van der Waals surface area contributed by atoms with Crippen molar-refractivity contribution in [3.63, 3.8) is 0 Å². The largest absolute Gasteiger partial charge is 0.491 e. The molecule has 6 unspecified atom stereocenters. The van der Waals surface area contributed by atoms with Crippen LogP contribution in [0.15, 0.2) is 109 Å². The van der Waals surface area contributed by atoms with Gasteiger partial charge in [0.05, 0.1) is 41.2 Å². The third-order valence-electron chi connectivity index (χ3n) is 10.9. The highest BCUT2D eigenvalue weighted by atomic mass is 35.5. The first-order valence-electron chi connectivity index (χ1n) is 17.0. The molecule has 2 aliphatic heterocycles. The molecule has 4 aromatic carbocycles. The van der Waals surface area contributed by atoms with Crippen molar-refractivity contribution in [1.82, 2.24) is 5.01 Å². The molecule has 2 N–H and O–H groups in total. The van der Waals surface area contributed by atoms with Gasteiger partial charge in [0.25, 0.3) is 11.8 Å². The minimum atomic E-state index is -1.57. The van der Waals surface area contributed by atoms with Crippen molar-refractivity contribution >= 4 is 58.2 Å². The maximum atomic E-state index is 15.3. The number of allylic oxidation sites excluding steroid dienone is 2. The molecule has 9 nitrogen and oxygen atoms in total. The lowest BCUT2D eigenvalue weighted by atomic mass is 9.49. The number of carbonyl (C=O) groups is 4. The molecule has 1 saturated carbocycles. The Balaban J connectivity index is 1.33. The Labute approximate surface area is 308 Å². The highest BCUT2D eigenvalue weighted by Gasteiger charge is 2.70. The summed E-state index contributed by atoms with van der Waals surface area (Å²) in [5.41, 5.74) is 3.97. The number of imide groups is 2. The number of ether oxygens (including phenoxy) is 1. The van der Waals surface area contributed by atoms with E-state index in [9.17, 15) is 23.9 Å². The molecule has 0 bridgehead atoms. The molecule has 4 aliphatic rings. The molecule has 12 heteroatoms. The zero-order valence-electron chi connectivity index (χ0n) is 27.5. The van der Waals surface area contributed by atoms with Gasteiger partial charge in [-0.2, -0.15) is 5.01 Å². The van der Waals surface area contributed by atoms with E-state index in [-0.39, 0.29) is 37.9 Å². The van der Waals surface area contributed by atoms with E-state index < -0.39 is 52.6 Å². The van der Waals surface area contributed by atoms with Crippen molar-refractivity contribution in [2.24, 2.45) is 23.7 Å². The van der Waals surface area contributed by atoms with Crippen LogP contribution in [0.5, 0.6) is 5.75 Å². The monoisotopic (exact) mass is 739 g/mol. The van der Waals surface area contributed by atoms with E-state index in [0.717, 1.165) is 10.6 Å². The van der Waals surface area contributed by atoms with E-state index >= 15 is 4.79 Å². The number of benzene rings is 4. The summed E-state index contributed by atoms with van der Waals surface area (Å²) in [4.78, 5) is 59.8. The molecule has 8 rings (SSSR count). The third-order valence-corrected chi connectivity index (χ3v) is 11.4. The predicted octanol–water partition coefficient (Wildman–Crippen LogP) is 6.69. The molecule has 4 amide bonds. The maximum absolute atomic E-state index is 15.3. The summed E-state index contributed by atoms with van der Waals surface area (Å²) in [5, 5.41) is 11.6. The fourth-order valence-electron chi connectivity index (χ4n) is 8.85. The molecule has 0 aromatic heterocycles. The first kappa shape index (κ1) is 34.1. The van der Waals surface area contributed by atoms with Crippen LogP contribution in [0.2, 0.25) is 10.0 Å². The number of hydrazine groups is 1. The van der Waals surface area contributed by atoms with Gasteiger partial charge in [0.15, 0.2) is 0 Å². The fraction of sp³-hybridized carbons (Fsp3) is 0.250. The van der Waals surface area contributed by atoms with Gasteiger partial charge in [-0.1, -0.05) is 65.2 Å². The van der Waals surface area contributed by atoms with Crippen LogP contribution < -0.4 is 15.1 Å². The minimum absolute atomic E-state index is 0.0254. The molecule has 0 radical (unpaired) electrons. The predicted molar refractivity (Wildman–Crippen MR) is 192 cm³/mol. The topological polar surface area (TPSA) is 116 Å². The summed E-state index contributed by atoms with van der Waals surface area (Å²) >= 11 is 12.5. The van der Waals surface area contributed by atoms with Crippen molar-refractivity contribution in [3.05, 3.63) is 136 Å². The summed E-state index contributed by atoms with van der Waals surface area (Å²) < 4.78 is 20.0. The van der Waals surface area contributed by atoms with Gasteiger partial charge in [-0.25, -0.2) is 4.39 Å². The van der Waals surface area contributed by atoms with E-state index in [1.54, 1.807) is 60.7 Å². The number of aliphatic hydroxyl groups excluding tert-OH is 1. The van der Waals surface area contributed by atoms with E-state index in [1.165, 1.54) is 29.2 Å². The van der Waals surface area contributed by atoms with Crippen molar-refractivity contribution in [2.75, 3.05) is 23.5 Å². The van der Waals surface area contributed by atoms with E-state index in [1.807, 2.05) is 18.2 Å². The molecule has 0 spiro atoms. The summed E-state index contributed by atoms with van der Waals surface area (Å²) in [6.45, 7) is -0.286. The van der Waals surface area contributed by atoms with Gasteiger partial charge >= 0.3 is 0 Å². The lowest BCUT2D eigenvalue weighted by Gasteiger charge is -2.50. The van der Waals surface area contributed by atoms with Gasteiger partial charge in [0.2, 0.25) is 11.8 Å². The average molecular weight is 741 g/mol. The Hall–Kier alpha value is -5.03. The number of para-hydroxylation sites is 1. The molecule has 264 valence electrons. The van der Waals surface area contributed by atoms with Gasteiger partial charge < -0.3 is 9.84 Å². The van der Waals surface area contributed by atoms with Crippen LogP contribution >= 0.6 is 23.2 Å². The summed E-state index contributed by atoms with van der Waals surface area (Å²) in [6.07, 6.45) is 2.28. The van der Waals surface area contributed by atoms with Crippen molar-refractivity contribution < 1.29 is 33.4 Å². The molecule has 52 heavy (non-hydrogen) atoms. The Bertz CT molecular complexity index is 2130. The smallest absolute Gasteiger partial charge is 0.260 e. The highest BCUT2D eigenvalue weighted by molar-refractivity contribution is 6.31. The Morgan fingerprint density at radius 2 is 1.50 bits per heavy atom. The molecule has 3 fully saturated rings.